The second-order valence-corrected chi connectivity index (χ2v) is 7.37. The van der Waals surface area contributed by atoms with Crippen LogP contribution < -0.4 is 10.6 Å². The number of guanidine groups is 1. The van der Waals surface area contributed by atoms with E-state index >= 15 is 0 Å². The molecule has 6 nitrogen and oxygen atoms in total. The van der Waals surface area contributed by atoms with E-state index in [0.717, 1.165) is 18.8 Å². The smallest absolute Gasteiger partial charge is 0.229 e. The van der Waals surface area contributed by atoms with E-state index in [1.165, 1.54) is 17.7 Å². The zero-order valence-corrected chi connectivity index (χ0v) is 14.7. The third kappa shape index (κ3) is 5.22. The number of amides is 2. The topological polar surface area (TPSA) is 73.8 Å². The summed E-state index contributed by atoms with van der Waals surface area (Å²) >= 11 is 0. The van der Waals surface area contributed by atoms with E-state index < -0.39 is 0 Å². The van der Waals surface area contributed by atoms with Crippen molar-refractivity contribution in [3.8, 4) is 0 Å². The third-order valence-electron chi connectivity index (χ3n) is 4.91. The number of likely N-dealkylation sites (tertiary alicyclic amines) is 1. The van der Waals surface area contributed by atoms with Crippen molar-refractivity contribution in [2.75, 3.05) is 20.1 Å². The van der Waals surface area contributed by atoms with Crippen molar-refractivity contribution in [1.29, 1.82) is 0 Å². The number of nitrogens with zero attached hydrogens (tertiary/aromatic N) is 2. The van der Waals surface area contributed by atoms with Gasteiger partial charge in [0.25, 0.3) is 0 Å². The molecular weight excluding hydrogens is 292 g/mol. The van der Waals surface area contributed by atoms with Crippen LogP contribution in [0.1, 0.15) is 58.8 Å². The molecule has 0 aromatic carbocycles. The number of hydrogen-bond donors (Lipinski definition) is 2. The largest absolute Gasteiger partial charge is 0.355 e. The first-order valence-electron chi connectivity index (χ1n) is 8.72. The molecule has 23 heavy (non-hydrogen) atoms. The maximum absolute atomic E-state index is 11.8. The molecule has 2 amide bonds. The first-order chi connectivity index (χ1) is 10.9. The lowest BCUT2D eigenvalue weighted by molar-refractivity contribution is -0.147. The van der Waals surface area contributed by atoms with E-state index in [4.69, 9.17) is 0 Å². The minimum Gasteiger partial charge on any atom is -0.355 e. The van der Waals surface area contributed by atoms with Gasteiger partial charge in [-0.2, -0.15) is 0 Å². The molecule has 0 unspecified atom stereocenters. The van der Waals surface area contributed by atoms with Crippen molar-refractivity contribution in [1.82, 2.24) is 15.5 Å². The molecule has 1 aliphatic carbocycles. The van der Waals surface area contributed by atoms with Crippen LogP contribution in [0.3, 0.4) is 0 Å². The van der Waals surface area contributed by atoms with Gasteiger partial charge in [0.05, 0.1) is 0 Å². The lowest BCUT2D eigenvalue weighted by atomic mass is 9.75. The molecule has 2 rings (SSSR count). The molecule has 0 aromatic heterocycles. The predicted octanol–water partition coefficient (Wildman–Crippen LogP) is 1.66. The van der Waals surface area contributed by atoms with E-state index in [9.17, 15) is 9.59 Å². The maximum Gasteiger partial charge on any atom is 0.229 e. The number of piperidine rings is 1. The van der Waals surface area contributed by atoms with Gasteiger partial charge in [-0.25, -0.2) is 0 Å². The summed E-state index contributed by atoms with van der Waals surface area (Å²) in [5, 5.41) is 6.67. The van der Waals surface area contributed by atoms with Crippen LogP contribution in [0.4, 0.5) is 0 Å². The highest BCUT2D eigenvalue weighted by molar-refractivity contribution is 5.97. The molecule has 0 radical (unpaired) electrons. The minimum atomic E-state index is -0.0551. The fourth-order valence-electron chi connectivity index (χ4n) is 3.27. The highest BCUT2D eigenvalue weighted by atomic mass is 16.2. The summed E-state index contributed by atoms with van der Waals surface area (Å²) in [6, 6.07) is 0.451. The summed E-state index contributed by atoms with van der Waals surface area (Å²) in [5.74, 6) is 0.646. The highest BCUT2D eigenvalue weighted by Gasteiger charge is 2.27. The maximum atomic E-state index is 11.8. The van der Waals surface area contributed by atoms with Crippen molar-refractivity contribution < 1.29 is 9.59 Å². The number of carbonyl (C=O) groups is 2. The van der Waals surface area contributed by atoms with Crippen LogP contribution in [0.2, 0.25) is 0 Å². The van der Waals surface area contributed by atoms with Gasteiger partial charge in [0, 0.05) is 39.0 Å². The van der Waals surface area contributed by atoms with Gasteiger partial charge >= 0.3 is 0 Å². The normalized spacial score (nSPS) is 23.1. The average molecular weight is 322 g/mol. The fourth-order valence-corrected chi connectivity index (χ4v) is 3.27. The third-order valence-corrected chi connectivity index (χ3v) is 4.91. The quantitative estimate of drug-likeness (QED) is 0.469. The molecule has 6 heteroatoms. The van der Waals surface area contributed by atoms with Crippen molar-refractivity contribution >= 4 is 17.8 Å². The number of carbonyl (C=O) groups excluding carboxylic acids is 2. The number of imide groups is 1. The lowest BCUT2D eigenvalue weighted by Crippen LogP contribution is -2.49. The number of hydrogen-bond acceptors (Lipinski definition) is 3. The molecule has 0 spiro atoms. The van der Waals surface area contributed by atoms with Crippen LogP contribution >= 0.6 is 0 Å². The van der Waals surface area contributed by atoms with Crippen LogP contribution in [0.5, 0.6) is 0 Å². The second-order valence-electron chi connectivity index (χ2n) is 7.37. The molecule has 1 heterocycles. The molecule has 0 bridgehead atoms. The van der Waals surface area contributed by atoms with Gasteiger partial charge in [-0.15, -0.1) is 0 Å². The molecule has 2 aliphatic rings. The van der Waals surface area contributed by atoms with Crippen molar-refractivity contribution in [3.63, 3.8) is 0 Å². The van der Waals surface area contributed by atoms with Crippen molar-refractivity contribution in [3.05, 3.63) is 0 Å². The van der Waals surface area contributed by atoms with E-state index in [1.54, 1.807) is 7.05 Å². The molecule has 1 saturated heterocycles. The summed E-state index contributed by atoms with van der Waals surface area (Å²) in [4.78, 5) is 29.1. The lowest BCUT2D eigenvalue weighted by Gasteiger charge is -2.35. The van der Waals surface area contributed by atoms with Gasteiger partial charge in [-0.1, -0.05) is 13.8 Å². The Balaban J connectivity index is 1.73. The molecule has 0 aromatic rings. The molecule has 2 N–H and O–H groups in total. The Bertz CT molecular complexity index is 447. The molecule has 130 valence electrons. The van der Waals surface area contributed by atoms with Crippen LogP contribution in [0.25, 0.3) is 0 Å². The van der Waals surface area contributed by atoms with Gasteiger partial charge in [-0.05, 0) is 37.5 Å². The fraction of sp³-hybridized carbons (Fsp3) is 0.824. The Morgan fingerprint density at radius 1 is 1.22 bits per heavy atom. The van der Waals surface area contributed by atoms with Gasteiger partial charge < -0.3 is 10.6 Å². The minimum absolute atomic E-state index is 0.0551. The summed E-state index contributed by atoms with van der Waals surface area (Å²) in [6.45, 7) is 5.59. The second kappa shape index (κ2) is 7.79. The summed E-state index contributed by atoms with van der Waals surface area (Å²) in [5.41, 5.74) is 0.449. The van der Waals surface area contributed by atoms with Gasteiger partial charge in [0.1, 0.15) is 0 Å². The monoisotopic (exact) mass is 322 g/mol. The number of nitrogens with one attached hydrogen (secondary N) is 2. The zero-order chi connectivity index (χ0) is 16.9. The van der Waals surface area contributed by atoms with Gasteiger partial charge in [-0.3, -0.25) is 19.5 Å². The van der Waals surface area contributed by atoms with Crippen LogP contribution in [0, 0.1) is 5.41 Å². The molecule has 0 atom stereocenters. The van der Waals surface area contributed by atoms with Crippen molar-refractivity contribution in [2.24, 2.45) is 10.4 Å². The van der Waals surface area contributed by atoms with E-state index in [1.807, 2.05) is 0 Å². The summed E-state index contributed by atoms with van der Waals surface area (Å²) < 4.78 is 0. The Kier molecular flexibility index (Phi) is 6.02. The average Bonchev–Trinajstić information content (AvgIpc) is 2.50. The van der Waals surface area contributed by atoms with E-state index in [2.05, 4.69) is 29.5 Å². The SMILES string of the molecule is CN=C(NCCN1C(=O)CCCC1=O)NC1CCC(C)(C)CC1. The molecule has 1 saturated carbocycles. The molecule has 1 aliphatic heterocycles. The summed E-state index contributed by atoms with van der Waals surface area (Å²) in [7, 11) is 1.75. The number of rotatable bonds is 4. The Morgan fingerprint density at radius 3 is 2.39 bits per heavy atom. The number of aliphatic imine (C=N–C) groups is 1. The first-order valence-corrected chi connectivity index (χ1v) is 8.72. The van der Waals surface area contributed by atoms with E-state index in [0.29, 0.717) is 43.8 Å². The standard InChI is InChI=1S/C17H30N4O2/c1-17(2)9-7-13(8-10-17)20-16(18-3)19-11-12-21-14(22)5-4-6-15(21)23/h13H,4-12H2,1-3H3,(H2,18,19,20). The van der Waals surface area contributed by atoms with Gasteiger partial charge in [0.2, 0.25) is 11.8 Å². The Labute approximate surface area is 139 Å². The van der Waals surface area contributed by atoms with Crippen LogP contribution in [-0.4, -0.2) is 48.9 Å². The summed E-state index contributed by atoms with van der Waals surface area (Å²) in [6.07, 6.45) is 6.39. The Hall–Kier alpha value is -1.59. The van der Waals surface area contributed by atoms with E-state index in [-0.39, 0.29) is 11.8 Å². The van der Waals surface area contributed by atoms with Gasteiger partial charge in [0.15, 0.2) is 5.96 Å². The van der Waals surface area contributed by atoms with Crippen LogP contribution in [0.15, 0.2) is 4.99 Å². The zero-order valence-electron chi connectivity index (χ0n) is 14.7. The van der Waals surface area contributed by atoms with Crippen molar-refractivity contribution in [2.45, 2.75) is 64.8 Å². The molecule has 2 fully saturated rings. The highest BCUT2D eigenvalue weighted by Crippen LogP contribution is 2.34. The predicted molar refractivity (Wildman–Crippen MR) is 91.1 cm³/mol. The van der Waals surface area contributed by atoms with Crippen LogP contribution in [-0.2, 0) is 9.59 Å². The first kappa shape index (κ1) is 17.8. The molecular formula is C17H30N4O2. The Morgan fingerprint density at radius 2 is 1.83 bits per heavy atom.